The summed E-state index contributed by atoms with van der Waals surface area (Å²) in [7, 11) is 0. The summed E-state index contributed by atoms with van der Waals surface area (Å²) in [5.41, 5.74) is 1.22. The number of benzene rings is 1. The summed E-state index contributed by atoms with van der Waals surface area (Å²) in [5, 5.41) is 24.8. The van der Waals surface area contributed by atoms with Crippen molar-refractivity contribution in [3.8, 4) is 11.6 Å². The molecule has 4 rings (SSSR count). The molecule has 3 aromatic heterocycles. The van der Waals surface area contributed by atoms with Crippen molar-refractivity contribution in [1.29, 1.82) is 0 Å². The summed E-state index contributed by atoms with van der Waals surface area (Å²) in [6, 6.07) is 9.32. The van der Waals surface area contributed by atoms with Crippen LogP contribution in [-0.4, -0.2) is 51.3 Å². The van der Waals surface area contributed by atoms with Gasteiger partial charge in [-0.05, 0) is 12.1 Å². The van der Waals surface area contributed by atoms with E-state index in [0.29, 0.717) is 11.6 Å². The van der Waals surface area contributed by atoms with Crippen LogP contribution in [0, 0.1) is 0 Å². The highest BCUT2D eigenvalue weighted by molar-refractivity contribution is 5.82. The molecule has 12 nitrogen and oxygen atoms in total. The fourth-order valence-electron chi connectivity index (χ4n) is 2.06. The molecule has 4 aromatic rings. The minimum atomic E-state index is -0.681. The molecule has 0 spiro atoms. The lowest BCUT2D eigenvalue weighted by atomic mass is 10.3. The summed E-state index contributed by atoms with van der Waals surface area (Å²) >= 11 is 0. The Morgan fingerprint density at radius 2 is 2.15 bits per heavy atom. The van der Waals surface area contributed by atoms with Crippen LogP contribution in [0.15, 0.2) is 49.1 Å². The first kappa shape index (κ1) is 15.4. The largest absolute Gasteiger partial charge is 0.443 e. The number of aromatic amines is 1. The number of rotatable bonds is 5. The second-order valence-corrected chi connectivity index (χ2v) is 5.02. The second kappa shape index (κ2) is 6.80. The van der Waals surface area contributed by atoms with E-state index < -0.39 is 6.09 Å². The van der Waals surface area contributed by atoms with E-state index in [4.69, 9.17) is 4.74 Å². The summed E-state index contributed by atoms with van der Waals surface area (Å²) in [5.74, 6) is 0.676. The Hall–Kier alpha value is -4.09. The quantitative estimate of drug-likeness (QED) is 0.535. The Kier molecular flexibility index (Phi) is 4.04. The number of H-pyrrole nitrogens is 1. The third kappa shape index (κ3) is 3.38. The Bertz CT molecular complexity index is 992. The van der Waals surface area contributed by atoms with Crippen molar-refractivity contribution in [1.82, 2.24) is 45.2 Å². The minimum absolute atomic E-state index is 0.0627. The van der Waals surface area contributed by atoms with Gasteiger partial charge in [0.25, 0.3) is 0 Å². The van der Waals surface area contributed by atoms with Crippen LogP contribution in [0.5, 0.6) is 0 Å². The lowest BCUT2D eigenvalue weighted by Gasteiger charge is -2.02. The maximum absolute atomic E-state index is 11.9. The summed E-state index contributed by atoms with van der Waals surface area (Å²) in [6.07, 6.45) is 3.66. The van der Waals surface area contributed by atoms with Crippen molar-refractivity contribution < 1.29 is 9.53 Å². The van der Waals surface area contributed by atoms with Crippen molar-refractivity contribution in [2.75, 3.05) is 5.32 Å². The fourth-order valence-corrected chi connectivity index (χ4v) is 2.06. The number of aromatic nitrogens is 9. The molecule has 3 heterocycles. The smallest absolute Gasteiger partial charge is 0.413 e. The van der Waals surface area contributed by atoms with Gasteiger partial charge in [0.2, 0.25) is 5.95 Å². The van der Waals surface area contributed by atoms with Crippen LogP contribution < -0.4 is 5.32 Å². The van der Waals surface area contributed by atoms with Gasteiger partial charge < -0.3 is 4.74 Å². The van der Waals surface area contributed by atoms with E-state index in [1.807, 2.05) is 30.3 Å². The van der Waals surface area contributed by atoms with Gasteiger partial charge in [-0.15, -0.1) is 15.0 Å². The van der Waals surface area contributed by atoms with Gasteiger partial charge in [0.05, 0.1) is 18.1 Å². The standard InChI is InChI=1S/C14H12N10O2/c25-14(18-12-6-17-24(21-12)11-4-2-1-3-5-11)26-8-10-7-23(22-19-10)13-15-9-16-20-13/h1-7,9H,8H2,(H,15,16,20)(H,18,21,25). The number of hydrogen-bond donors (Lipinski definition) is 2. The lowest BCUT2D eigenvalue weighted by Crippen LogP contribution is -2.14. The van der Waals surface area contributed by atoms with Crippen molar-refractivity contribution >= 4 is 11.9 Å². The van der Waals surface area contributed by atoms with E-state index >= 15 is 0 Å². The molecule has 12 heteroatoms. The summed E-state index contributed by atoms with van der Waals surface area (Å²) < 4.78 is 6.47. The highest BCUT2D eigenvalue weighted by Gasteiger charge is 2.10. The molecular formula is C14H12N10O2. The van der Waals surface area contributed by atoms with Crippen LogP contribution in [-0.2, 0) is 11.3 Å². The number of nitrogens with one attached hydrogen (secondary N) is 2. The van der Waals surface area contributed by atoms with Crippen LogP contribution >= 0.6 is 0 Å². The zero-order chi connectivity index (χ0) is 17.8. The monoisotopic (exact) mass is 352 g/mol. The molecule has 0 saturated carbocycles. The first-order chi connectivity index (χ1) is 12.8. The molecular weight excluding hydrogens is 340 g/mol. The summed E-state index contributed by atoms with van der Waals surface area (Å²) in [4.78, 5) is 17.2. The maximum atomic E-state index is 11.9. The Balaban J connectivity index is 1.33. The number of ether oxygens (including phenoxy) is 1. The summed E-state index contributed by atoms with van der Waals surface area (Å²) in [6.45, 7) is -0.0627. The Morgan fingerprint density at radius 3 is 2.96 bits per heavy atom. The van der Waals surface area contributed by atoms with Crippen LogP contribution in [0.4, 0.5) is 10.6 Å². The lowest BCUT2D eigenvalue weighted by molar-refractivity contribution is 0.153. The van der Waals surface area contributed by atoms with Crippen molar-refractivity contribution in [2.24, 2.45) is 0 Å². The predicted octanol–water partition coefficient (Wildman–Crippen LogP) is 0.715. The molecule has 0 aliphatic heterocycles. The van der Waals surface area contributed by atoms with Crippen molar-refractivity contribution in [3.05, 3.63) is 54.7 Å². The van der Waals surface area contributed by atoms with Crippen LogP contribution in [0.2, 0.25) is 0 Å². The number of carbonyl (C=O) groups is 1. The third-order valence-corrected chi connectivity index (χ3v) is 3.22. The molecule has 0 atom stereocenters. The Morgan fingerprint density at radius 1 is 1.27 bits per heavy atom. The maximum Gasteiger partial charge on any atom is 0.413 e. The number of para-hydroxylation sites is 1. The minimum Gasteiger partial charge on any atom is -0.443 e. The molecule has 130 valence electrons. The van der Waals surface area contributed by atoms with Gasteiger partial charge in [-0.2, -0.15) is 19.9 Å². The number of nitrogens with zero attached hydrogens (tertiary/aromatic N) is 8. The van der Waals surface area contributed by atoms with E-state index in [1.165, 1.54) is 22.0 Å². The van der Waals surface area contributed by atoms with Crippen molar-refractivity contribution in [3.63, 3.8) is 0 Å². The van der Waals surface area contributed by atoms with Gasteiger partial charge in [0.15, 0.2) is 5.82 Å². The molecule has 0 bridgehead atoms. The molecule has 1 aromatic carbocycles. The highest BCUT2D eigenvalue weighted by atomic mass is 16.5. The average Bonchev–Trinajstić information content (AvgIpc) is 3.41. The van der Waals surface area contributed by atoms with Gasteiger partial charge in [-0.25, -0.2) is 9.89 Å². The Labute approximate surface area is 145 Å². The third-order valence-electron chi connectivity index (χ3n) is 3.22. The number of carbonyl (C=O) groups excluding carboxylic acids is 1. The average molecular weight is 352 g/mol. The molecule has 0 radical (unpaired) electrons. The second-order valence-electron chi connectivity index (χ2n) is 5.02. The van der Waals surface area contributed by atoms with Gasteiger partial charge in [-0.3, -0.25) is 5.32 Å². The van der Waals surface area contributed by atoms with Gasteiger partial charge in [0.1, 0.15) is 18.6 Å². The van der Waals surface area contributed by atoms with E-state index in [0.717, 1.165) is 5.69 Å². The predicted molar refractivity (Wildman–Crippen MR) is 86.5 cm³/mol. The molecule has 0 aliphatic rings. The fraction of sp³-hybridized carbons (Fsp3) is 0.0714. The number of hydrogen-bond acceptors (Lipinski definition) is 8. The SMILES string of the molecule is O=C(Nc1cnn(-c2ccccc2)n1)OCc1cn(-c2ncn[nH]2)nn1. The number of amides is 1. The zero-order valence-corrected chi connectivity index (χ0v) is 13.2. The van der Waals surface area contributed by atoms with E-state index in [1.54, 1.807) is 6.20 Å². The first-order valence-electron chi connectivity index (χ1n) is 7.46. The first-order valence-corrected chi connectivity index (χ1v) is 7.46. The van der Waals surface area contributed by atoms with Crippen LogP contribution in [0.3, 0.4) is 0 Å². The molecule has 0 saturated heterocycles. The van der Waals surface area contributed by atoms with Gasteiger partial charge in [0, 0.05) is 0 Å². The molecule has 0 fully saturated rings. The van der Waals surface area contributed by atoms with Crippen molar-refractivity contribution in [2.45, 2.75) is 6.61 Å². The van der Waals surface area contributed by atoms with E-state index in [-0.39, 0.29) is 12.4 Å². The van der Waals surface area contributed by atoms with Crippen LogP contribution in [0.25, 0.3) is 11.6 Å². The normalized spacial score (nSPS) is 10.6. The van der Waals surface area contributed by atoms with E-state index in [2.05, 4.69) is 41.0 Å². The van der Waals surface area contributed by atoms with Crippen LogP contribution in [0.1, 0.15) is 5.69 Å². The van der Waals surface area contributed by atoms with E-state index in [9.17, 15) is 4.79 Å². The topological polar surface area (TPSA) is 141 Å². The van der Waals surface area contributed by atoms with Gasteiger partial charge in [-0.1, -0.05) is 23.4 Å². The molecule has 0 aliphatic carbocycles. The molecule has 26 heavy (non-hydrogen) atoms. The highest BCUT2D eigenvalue weighted by Crippen LogP contribution is 2.08. The molecule has 0 unspecified atom stereocenters. The molecule has 1 amide bonds. The molecule has 2 N–H and O–H groups in total. The number of anilines is 1. The van der Waals surface area contributed by atoms with Gasteiger partial charge >= 0.3 is 6.09 Å². The zero-order valence-electron chi connectivity index (χ0n) is 13.2.